The SMILES string of the molecule is NC[C@H]1C[C@@H]2CCCC[C@H]2NC1=O. The second-order valence-corrected chi connectivity index (χ2v) is 4.33. The van der Waals surface area contributed by atoms with Gasteiger partial charge >= 0.3 is 0 Å². The van der Waals surface area contributed by atoms with Crippen molar-refractivity contribution in [3.05, 3.63) is 0 Å². The summed E-state index contributed by atoms with van der Waals surface area (Å²) in [4.78, 5) is 11.5. The minimum Gasteiger partial charge on any atom is -0.353 e. The smallest absolute Gasteiger partial charge is 0.224 e. The van der Waals surface area contributed by atoms with Gasteiger partial charge < -0.3 is 11.1 Å². The number of hydrogen-bond acceptors (Lipinski definition) is 2. The van der Waals surface area contributed by atoms with Gasteiger partial charge in [0.15, 0.2) is 0 Å². The Balaban J connectivity index is 2.01. The van der Waals surface area contributed by atoms with Gasteiger partial charge in [-0.25, -0.2) is 0 Å². The molecule has 1 aliphatic carbocycles. The molecule has 1 amide bonds. The molecule has 2 rings (SSSR count). The molecule has 0 bridgehead atoms. The second-order valence-electron chi connectivity index (χ2n) is 4.33. The minimum absolute atomic E-state index is 0.0827. The molecule has 1 saturated carbocycles. The first kappa shape index (κ1) is 9.00. The molecule has 0 radical (unpaired) electrons. The van der Waals surface area contributed by atoms with Gasteiger partial charge in [0.05, 0.1) is 5.92 Å². The Morgan fingerprint density at radius 2 is 2.15 bits per heavy atom. The fourth-order valence-electron chi connectivity index (χ4n) is 2.66. The quantitative estimate of drug-likeness (QED) is 0.625. The third-order valence-electron chi connectivity index (χ3n) is 3.48. The highest BCUT2D eigenvalue weighted by Crippen LogP contribution is 2.32. The van der Waals surface area contributed by atoms with Gasteiger partial charge in [0.2, 0.25) is 5.91 Å². The Morgan fingerprint density at radius 3 is 2.92 bits per heavy atom. The highest BCUT2D eigenvalue weighted by atomic mass is 16.2. The molecule has 1 aliphatic heterocycles. The molecule has 1 saturated heterocycles. The predicted molar refractivity (Wildman–Crippen MR) is 51.1 cm³/mol. The number of carbonyl (C=O) groups is 1. The fourth-order valence-corrected chi connectivity index (χ4v) is 2.66. The number of rotatable bonds is 1. The topological polar surface area (TPSA) is 55.1 Å². The van der Waals surface area contributed by atoms with Crippen LogP contribution in [0.3, 0.4) is 0 Å². The number of amides is 1. The van der Waals surface area contributed by atoms with E-state index in [1.807, 2.05) is 0 Å². The van der Waals surface area contributed by atoms with Crippen LogP contribution in [0.5, 0.6) is 0 Å². The lowest BCUT2D eigenvalue weighted by Crippen LogP contribution is -2.52. The standard InChI is InChI=1S/C10H18N2O/c11-6-8-5-7-3-1-2-4-9(7)12-10(8)13/h7-9H,1-6,11H2,(H,12,13)/t7-,8+,9+/m0/s1. The number of hydrogen-bond donors (Lipinski definition) is 2. The highest BCUT2D eigenvalue weighted by Gasteiger charge is 2.35. The Labute approximate surface area is 79.1 Å². The van der Waals surface area contributed by atoms with E-state index in [9.17, 15) is 4.79 Å². The Morgan fingerprint density at radius 1 is 1.38 bits per heavy atom. The van der Waals surface area contributed by atoms with Crippen LogP contribution in [0.2, 0.25) is 0 Å². The first-order valence-corrected chi connectivity index (χ1v) is 5.31. The van der Waals surface area contributed by atoms with Crippen molar-refractivity contribution < 1.29 is 4.79 Å². The summed E-state index contributed by atoms with van der Waals surface area (Å²) in [5, 5.41) is 3.10. The van der Waals surface area contributed by atoms with E-state index in [4.69, 9.17) is 5.73 Å². The summed E-state index contributed by atoms with van der Waals surface area (Å²) < 4.78 is 0. The molecule has 0 aromatic heterocycles. The van der Waals surface area contributed by atoms with Crippen molar-refractivity contribution in [1.29, 1.82) is 0 Å². The average Bonchev–Trinajstić information content (AvgIpc) is 2.17. The maximum Gasteiger partial charge on any atom is 0.224 e. The van der Waals surface area contributed by atoms with E-state index in [2.05, 4.69) is 5.32 Å². The zero-order chi connectivity index (χ0) is 9.26. The summed E-state index contributed by atoms with van der Waals surface area (Å²) in [5.74, 6) is 0.977. The summed E-state index contributed by atoms with van der Waals surface area (Å²) in [7, 11) is 0. The fraction of sp³-hybridized carbons (Fsp3) is 0.900. The number of nitrogens with two attached hydrogens (primary N) is 1. The maximum absolute atomic E-state index is 11.5. The van der Waals surface area contributed by atoms with Crippen molar-refractivity contribution in [1.82, 2.24) is 5.32 Å². The van der Waals surface area contributed by atoms with Crippen LogP contribution in [-0.2, 0) is 4.79 Å². The molecule has 2 fully saturated rings. The first-order chi connectivity index (χ1) is 6.31. The van der Waals surface area contributed by atoms with Gasteiger partial charge in [-0.15, -0.1) is 0 Å². The van der Waals surface area contributed by atoms with Crippen molar-refractivity contribution in [2.45, 2.75) is 38.1 Å². The molecule has 3 heteroatoms. The van der Waals surface area contributed by atoms with E-state index in [0.717, 1.165) is 6.42 Å². The van der Waals surface area contributed by atoms with E-state index >= 15 is 0 Å². The van der Waals surface area contributed by atoms with Crippen molar-refractivity contribution in [2.24, 2.45) is 17.6 Å². The van der Waals surface area contributed by atoms with Crippen molar-refractivity contribution >= 4 is 5.91 Å². The van der Waals surface area contributed by atoms with Crippen LogP contribution in [0.1, 0.15) is 32.1 Å². The van der Waals surface area contributed by atoms with Gasteiger partial charge in [0, 0.05) is 12.6 Å². The molecule has 3 nitrogen and oxygen atoms in total. The third kappa shape index (κ3) is 1.70. The molecule has 2 aliphatic rings. The van der Waals surface area contributed by atoms with Crippen LogP contribution in [0.25, 0.3) is 0 Å². The molecule has 74 valence electrons. The van der Waals surface area contributed by atoms with Gasteiger partial charge in [-0.1, -0.05) is 12.8 Å². The largest absolute Gasteiger partial charge is 0.353 e. The predicted octanol–water partition coefficient (Wildman–Crippen LogP) is 0.640. The molecular formula is C10H18N2O. The monoisotopic (exact) mass is 182 g/mol. The molecule has 0 aromatic rings. The van der Waals surface area contributed by atoms with Crippen LogP contribution in [-0.4, -0.2) is 18.5 Å². The first-order valence-electron chi connectivity index (χ1n) is 5.31. The zero-order valence-corrected chi connectivity index (χ0v) is 7.96. The van der Waals surface area contributed by atoms with Gasteiger partial charge in [0.1, 0.15) is 0 Å². The van der Waals surface area contributed by atoms with Crippen LogP contribution in [0, 0.1) is 11.8 Å². The summed E-state index contributed by atoms with van der Waals surface area (Å²) in [6, 6.07) is 0.462. The van der Waals surface area contributed by atoms with Crippen LogP contribution >= 0.6 is 0 Å². The van der Waals surface area contributed by atoms with Gasteiger partial charge in [-0.2, -0.15) is 0 Å². The third-order valence-corrected chi connectivity index (χ3v) is 3.48. The number of carbonyl (C=O) groups excluding carboxylic acids is 1. The van der Waals surface area contributed by atoms with E-state index in [-0.39, 0.29) is 11.8 Å². The zero-order valence-electron chi connectivity index (χ0n) is 7.96. The molecule has 0 unspecified atom stereocenters. The minimum atomic E-state index is 0.0827. The van der Waals surface area contributed by atoms with E-state index in [1.54, 1.807) is 0 Å². The van der Waals surface area contributed by atoms with E-state index < -0.39 is 0 Å². The number of piperidine rings is 1. The van der Waals surface area contributed by atoms with Crippen LogP contribution in [0.4, 0.5) is 0 Å². The van der Waals surface area contributed by atoms with Crippen LogP contribution in [0.15, 0.2) is 0 Å². The molecule has 3 atom stereocenters. The van der Waals surface area contributed by atoms with Crippen LogP contribution < -0.4 is 11.1 Å². The summed E-state index contributed by atoms with van der Waals surface area (Å²) in [6.45, 7) is 0.509. The Hall–Kier alpha value is -0.570. The maximum atomic E-state index is 11.5. The molecular weight excluding hydrogens is 164 g/mol. The summed E-state index contributed by atoms with van der Waals surface area (Å²) in [6.07, 6.45) is 6.07. The van der Waals surface area contributed by atoms with Crippen molar-refractivity contribution in [3.63, 3.8) is 0 Å². The van der Waals surface area contributed by atoms with E-state index in [0.29, 0.717) is 18.5 Å². The normalized spacial score (nSPS) is 39.5. The van der Waals surface area contributed by atoms with E-state index in [1.165, 1.54) is 25.7 Å². The lowest BCUT2D eigenvalue weighted by molar-refractivity contribution is -0.129. The van der Waals surface area contributed by atoms with Gasteiger partial charge in [0.25, 0.3) is 0 Å². The van der Waals surface area contributed by atoms with Crippen molar-refractivity contribution in [3.8, 4) is 0 Å². The molecule has 0 spiro atoms. The number of fused-ring (bicyclic) bond motifs is 1. The second kappa shape index (κ2) is 3.66. The average molecular weight is 182 g/mol. The van der Waals surface area contributed by atoms with Crippen molar-refractivity contribution in [2.75, 3.05) is 6.54 Å². The van der Waals surface area contributed by atoms with Gasteiger partial charge in [-0.05, 0) is 25.2 Å². The summed E-state index contributed by atoms with van der Waals surface area (Å²) >= 11 is 0. The molecule has 13 heavy (non-hydrogen) atoms. The Kier molecular flexibility index (Phi) is 2.54. The van der Waals surface area contributed by atoms with Gasteiger partial charge in [-0.3, -0.25) is 4.79 Å². The highest BCUT2D eigenvalue weighted by molar-refractivity contribution is 5.80. The molecule has 0 aromatic carbocycles. The molecule has 1 heterocycles. The molecule has 3 N–H and O–H groups in total. The Bertz CT molecular complexity index is 205. The lowest BCUT2D eigenvalue weighted by Gasteiger charge is -2.39. The summed E-state index contributed by atoms with van der Waals surface area (Å²) in [5.41, 5.74) is 5.55. The number of nitrogens with one attached hydrogen (secondary N) is 1. The lowest BCUT2D eigenvalue weighted by atomic mass is 9.76.